The number of aromatic nitrogens is 3. The van der Waals surface area contributed by atoms with Gasteiger partial charge in [0.05, 0.1) is 13.2 Å². The van der Waals surface area contributed by atoms with Crippen molar-refractivity contribution in [3.05, 3.63) is 0 Å². The lowest BCUT2D eigenvalue weighted by Gasteiger charge is -2.20. The number of anilines is 2. The van der Waals surface area contributed by atoms with E-state index >= 15 is 0 Å². The molecular weight excluding hydrogens is 250 g/mol. The molecule has 0 spiro atoms. The monoisotopic (exact) mass is 269 g/mol. The fourth-order valence-electron chi connectivity index (χ4n) is 1.72. The Balaban J connectivity index is 2.04. The Morgan fingerprint density at radius 3 is 2.79 bits per heavy atom. The maximum atomic E-state index is 10.1. The number of ether oxygens (including phenoxy) is 2. The van der Waals surface area contributed by atoms with E-state index in [1.165, 1.54) is 0 Å². The summed E-state index contributed by atoms with van der Waals surface area (Å²) in [5.74, 6) is 0.777. The molecule has 0 saturated carbocycles. The molecule has 3 N–H and O–H groups in total. The zero-order chi connectivity index (χ0) is 13.7. The molecule has 1 aromatic rings. The van der Waals surface area contributed by atoms with Gasteiger partial charge in [0.2, 0.25) is 11.9 Å². The van der Waals surface area contributed by atoms with E-state index in [9.17, 15) is 5.11 Å². The molecule has 0 amide bonds. The molecule has 0 bridgehead atoms. The van der Waals surface area contributed by atoms with Crippen LogP contribution in [0.3, 0.4) is 0 Å². The summed E-state index contributed by atoms with van der Waals surface area (Å²) in [6.07, 6.45) is 0.599. The topological polar surface area (TPSA) is 101 Å². The Bertz CT molecular complexity index is 423. The van der Waals surface area contributed by atoms with E-state index in [1.54, 1.807) is 7.05 Å². The molecule has 2 rings (SSSR count). The van der Waals surface area contributed by atoms with Crippen LogP contribution < -0.4 is 15.4 Å². The maximum Gasteiger partial charge on any atom is 0.323 e. The Hall–Kier alpha value is -1.67. The van der Waals surface area contributed by atoms with Gasteiger partial charge in [-0.15, -0.1) is 0 Å². The molecule has 1 atom stereocenters. The molecule has 0 radical (unpaired) electrons. The summed E-state index contributed by atoms with van der Waals surface area (Å²) >= 11 is 0. The van der Waals surface area contributed by atoms with Crippen molar-refractivity contribution < 1.29 is 14.6 Å². The second kappa shape index (κ2) is 5.98. The van der Waals surface area contributed by atoms with Crippen molar-refractivity contribution in [3.8, 4) is 6.01 Å². The summed E-state index contributed by atoms with van der Waals surface area (Å²) in [5.41, 5.74) is -0.863. The first-order chi connectivity index (χ1) is 9.15. The molecule has 0 aliphatic carbocycles. The van der Waals surface area contributed by atoms with Crippen molar-refractivity contribution in [2.24, 2.45) is 0 Å². The number of rotatable bonds is 6. The Morgan fingerprint density at radius 2 is 2.16 bits per heavy atom. The van der Waals surface area contributed by atoms with E-state index in [2.05, 4.69) is 25.6 Å². The van der Waals surface area contributed by atoms with Crippen LogP contribution in [0.15, 0.2) is 0 Å². The van der Waals surface area contributed by atoms with Gasteiger partial charge in [-0.3, -0.25) is 0 Å². The number of nitrogens with zero attached hydrogens (tertiary/aromatic N) is 3. The molecule has 1 saturated heterocycles. The van der Waals surface area contributed by atoms with Crippen molar-refractivity contribution in [1.82, 2.24) is 15.0 Å². The smallest absolute Gasteiger partial charge is 0.323 e. The van der Waals surface area contributed by atoms with Crippen LogP contribution >= 0.6 is 0 Å². The van der Waals surface area contributed by atoms with Crippen LogP contribution in [0.4, 0.5) is 11.9 Å². The molecule has 19 heavy (non-hydrogen) atoms. The van der Waals surface area contributed by atoms with Gasteiger partial charge in [-0.1, -0.05) is 0 Å². The first-order valence-corrected chi connectivity index (χ1v) is 6.26. The van der Waals surface area contributed by atoms with Crippen LogP contribution in [0.2, 0.25) is 0 Å². The van der Waals surface area contributed by atoms with Gasteiger partial charge in [0.25, 0.3) is 0 Å². The first-order valence-electron chi connectivity index (χ1n) is 6.26. The predicted molar refractivity (Wildman–Crippen MR) is 69.4 cm³/mol. The minimum absolute atomic E-state index is 0.249. The van der Waals surface area contributed by atoms with Gasteiger partial charge in [-0.25, -0.2) is 0 Å². The lowest BCUT2D eigenvalue weighted by molar-refractivity contribution is 0.0380. The second-order valence-electron chi connectivity index (χ2n) is 4.33. The van der Waals surface area contributed by atoms with E-state index in [4.69, 9.17) is 9.47 Å². The molecule has 106 valence electrons. The zero-order valence-electron chi connectivity index (χ0n) is 11.1. The first kappa shape index (κ1) is 13.8. The molecule has 2 heterocycles. The standard InChI is InChI=1S/C11H19N5O3/c1-3-19-10-15-8(12-2)14-9(16-10)13-6-11(17)4-5-18-7-11/h17H,3-7H2,1-2H3,(H2,12,13,14,15,16). The van der Waals surface area contributed by atoms with Gasteiger partial charge >= 0.3 is 6.01 Å². The van der Waals surface area contributed by atoms with Gasteiger partial charge in [-0.2, -0.15) is 15.0 Å². The quantitative estimate of drug-likeness (QED) is 0.657. The molecule has 1 aromatic heterocycles. The van der Waals surface area contributed by atoms with Crippen LogP contribution in [0.25, 0.3) is 0 Å². The van der Waals surface area contributed by atoms with Crippen molar-refractivity contribution in [3.63, 3.8) is 0 Å². The molecular formula is C11H19N5O3. The summed E-state index contributed by atoms with van der Waals surface area (Å²) in [5, 5.41) is 16.0. The van der Waals surface area contributed by atoms with Crippen molar-refractivity contribution in [1.29, 1.82) is 0 Å². The zero-order valence-corrected chi connectivity index (χ0v) is 11.1. The Kier molecular flexibility index (Phi) is 4.33. The van der Waals surface area contributed by atoms with Crippen LogP contribution in [-0.2, 0) is 4.74 Å². The van der Waals surface area contributed by atoms with Gasteiger partial charge in [0.15, 0.2) is 0 Å². The molecule has 1 aliphatic rings. The maximum absolute atomic E-state index is 10.1. The van der Waals surface area contributed by atoms with Crippen LogP contribution in [0.1, 0.15) is 13.3 Å². The number of aliphatic hydroxyl groups is 1. The van der Waals surface area contributed by atoms with E-state index in [0.29, 0.717) is 44.7 Å². The molecule has 8 nitrogen and oxygen atoms in total. The highest BCUT2D eigenvalue weighted by Gasteiger charge is 2.32. The summed E-state index contributed by atoms with van der Waals surface area (Å²) in [4.78, 5) is 12.3. The van der Waals surface area contributed by atoms with Gasteiger partial charge in [0.1, 0.15) is 5.60 Å². The highest BCUT2D eigenvalue weighted by molar-refractivity contribution is 5.35. The lowest BCUT2D eigenvalue weighted by atomic mass is 10.0. The van der Waals surface area contributed by atoms with Crippen LogP contribution in [-0.4, -0.2) is 59.1 Å². The molecule has 0 aromatic carbocycles. The van der Waals surface area contributed by atoms with Crippen molar-refractivity contribution >= 4 is 11.9 Å². The fraction of sp³-hybridized carbons (Fsp3) is 0.727. The second-order valence-corrected chi connectivity index (χ2v) is 4.33. The highest BCUT2D eigenvalue weighted by atomic mass is 16.5. The lowest BCUT2D eigenvalue weighted by Crippen LogP contribution is -2.37. The van der Waals surface area contributed by atoms with Gasteiger partial charge in [-0.05, 0) is 6.92 Å². The molecule has 1 unspecified atom stereocenters. The van der Waals surface area contributed by atoms with E-state index in [0.717, 1.165) is 0 Å². The average molecular weight is 269 g/mol. The SMILES string of the molecule is CCOc1nc(NC)nc(NCC2(O)CCOC2)n1. The fourth-order valence-corrected chi connectivity index (χ4v) is 1.72. The number of hydrogen-bond donors (Lipinski definition) is 3. The molecule has 8 heteroatoms. The minimum atomic E-state index is -0.863. The molecule has 1 aliphatic heterocycles. The number of nitrogens with one attached hydrogen (secondary N) is 2. The minimum Gasteiger partial charge on any atom is -0.464 e. The van der Waals surface area contributed by atoms with Crippen molar-refractivity contribution in [2.75, 3.05) is 44.0 Å². The van der Waals surface area contributed by atoms with Crippen LogP contribution in [0, 0.1) is 0 Å². The highest BCUT2D eigenvalue weighted by Crippen LogP contribution is 2.19. The Morgan fingerprint density at radius 1 is 1.37 bits per heavy atom. The predicted octanol–water partition coefficient (Wildman–Crippen LogP) is -0.125. The summed E-state index contributed by atoms with van der Waals surface area (Å²) < 4.78 is 10.4. The van der Waals surface area contributed by atoms with Crippen LogP contribution in [0.5, 0.6) is 6.01 Å². The average Bonchev–Trinajstić information content (AvgIpc) is 2.84. The third-order valence-electron chi connectivity index (χ3n) is 2.77. The largest absolute Gasteiger partial charge is 0.464 e. The van der Waals surface area contributed by atoms with E-state index in [-0.39, 0.29) is 6.01 Å². The molecule has 1 fully saturated rings. The summed E-state index contributed by atoms with van der Waals surface area (Å²) in [6.45, 7) is 3.55. The number of hydrogen-bond acceptors (Lipinski definition) is 8. The normalized spacial score (nSPS) is 22.3. The third kappa shape index (κ3) is 3.65. The van der Waals surface area contributed by atoms with Gasteiger partial charge in [0, 0.05) is 26.6 Å². The van der Waals surface area contributed by atoms with E-state index in [1.807, 2.05) is 6.92 Å². The third-order valence-corrected chi connectivity index (χ3v) is 2.77. The Labute approximate surface area is 111 Å². The summed E-state index contributed by atoms with van der Waals surface area (Å²) in [6, 6.07) is 0.249. The van der Waals surface area contributed by atoms with Crippen molar-refractivity contribution in [2.45, 2.75) is 18.9 Å². The van der Waals surface area contributed by atoms with Gasteiger partial charge < -0.3 is 25.2 Å². The van der Waals surface area contributed by atoms with E-state index < -0.39 is 5.60 Å². The summed E-state index contributed by atoms with van der Waals surface area (Å²) in [7, 11) is 1.72.